The molecule has 1 aromatic heterocycles. The van der Waals surface area contributed by atoms with E-state index in [0.717, 1.165) is 17.7 Å². The van der Waals surface area contributed by atoms with Gasteiger partial charge in [-0.1, -0.05) is 6.07 Å². The summed E-state index contributed by atoms with van der Waals surface area (Å²) in [6.45, 7) is 0.601. The number of amides is 2. The van der Waals surface area contributed by atoms with Crippen molar-refractivity contribution in [2.75, 3.05) is 30.5 Å². The molecule has 0 atom stereocenters. The molecule has 2 amide bonds. The Morgan fingerprint density at radius 2 is 2.08 bits per heavy atom. The number of pyridine rings is 1. The van der Waals surface area contributed by atoms with E-state index in [1.807, 2.05) is 6.07 Å². The monoisotopic (exact) mass is 341 g/mol. The van der Waals surface area contributed by atoms with E-state index in [2.05, 4.69) is 5.32 Å². The summed E-state index contributed by atoms with van der Waals surface area (Å²) in [5, 5.41) is 2.73. The first-order valence-electron chi connectivity index (χ1n) is 7.90. The number of nitrogens with one attached hydrogen (secondary N) is 1. The zero-order valence-corrected chi connectivity index (χ0v) is 14.1. The zero-order valence-electron chi connectivity index (χ0n) is 14.1. The molecule has 0 saturated carbocycles. The minimum atomic E-state index is -0.478. The summed E-state index contributed by atoms with van der Waals surface area (Å²) in [4.78, 5) is 38.2. The second kappa shape index (κ2) is 6.90. The molecule has 7 heteroatoms. The molecule has 25 heavy (non-hydrogen) atoms. The molecule has 0 fully saturated rings. The van der Waals surface area contributed by atoms with Gasteiger partial charge < -0.3 is 19.5 Å². The van der Waals surface area contributed by atoms with Gasteiger partial charge in [-0.15, -0.1) is 0 Å². The second-order valence-electron chi connectivity index (χ2n) is 5.86. The third kappa shape index (κ3) is 3.32. The number of anilines is 2. The molecule has 7 nitrogen and oxygen atoms in total. The lowest BCUT2D eigenvalue weighted by atomic mass is 10.1. The maximum Gasteiger partial charge on any atom is 0.263 e. The summed E-state index contributed by atoms with van der Waals surface area (Å²) in [6.07, 6.45) is 2.35. The summed E-state index contributed by atoms with van der Waals surface area (Å²) in [7, 11) is 3.07. The molecule has 1 aliphatic rings. The van der Waals surface area contributed by atoms with Crippen molar-refractivity contribution >= 4 is 23.2 Å². The number of hydrogen-bond acceptors (Lipinski definition) is 4. The quantitative estimate of drug-likeness (QED) is 0.905. The van der Waals surface area contributed by atoms with Gasteiger partial charge in [-0.2, -0.15) is 0 Å². The Labute approximate surface area is 144 Å². The Hall–Kier alpha value is -2.93. The maximum atomic E-state index is 12.4. The van der Waals surface area contributed by atoms with Crippen LogP contribution in [0.5, 0.6) is 0 Å². The van der Waals surface area contributed by atoms with Crippen molar-refractivity contribution in [1.82, 2.24) is 4.57 Å². The number of nitrogens with zero attached hydrogens (tertiary/aromatic N) is 2. The fourth-order valence-electron chi connectivity index (χ4n) is 2.89. The predicted octanol–water partition coefficient (Wildman–Crippen LogP) is 1.17. The Bertz CT molecular complexity index is 888. The topological polar surface area (TPSA) is 80.6 Å². The van der Waals surface area contributed by atoms with E-state index in [1.165, 1.54) is 17.7 Å². The number of aryl methyl sites for hydroxylation is 1. The van der Waals surface area contributed by atoms with Gasteiger partial charge in [0.25, 0.3) is 17.4 Å². The lowest BCUT2D eigenvalue weighted by Gasteiger charge is -2.17. The Kier molecular flexibility index (Phi) is 4.67. The van der Waals surface area contributed by atoms with Gasteiger partial charge in [-0.25, -0.2) is 0 Å². The average molecular weight is 341 g/mol. The van der Waals surface area contributed by atoms with Crippen LogP contribution >= 0.6 is 0 Å². The van der Waals surface area contributed by atoms with E-state index in [0.29, 0.717) is 12.2 Å². The van der Waals surface area contributed by atoms with Gasteiger partial charge in [-0.3, -0.25) is 14.4 Å². The minimum Gasteiger partial charge on any atom is -0.375 e. The fourth-order valence-corrected chi connectivity index (χ4v) is 2.89. The first-order chi connectivity index (χ1) is 12.0. The predicted molar refractivity (Wildman–Crippen MR) is 94.0 cm³/mol. The first-order valence-corrected chi connectivity index (χ1v) is 7.90. The standard InChI is InChI=1S/C18H19N3O4/c1-20-8-3-4-14(18(20)24)17(23)19-13-6-5-12-7-9-21(15(12)10-13)16(22)11-25-2/h3-6,8,10H,7,9,11H2,1-2H3,(H,19,23). The van der Waals surface area contributed by atoms with Gasteiger partial charge in [0.15, 0.2) is 0 Å². The first kappa shape index (κ1) is 16.9. The van der Waals surface area contributed by atoms with Crippen LogP contribution in [0, 0.1) is 0 Å². The number of rotatable bonds is 4. The second-order valence-corrected chi connectivity index (χ2v) is 5.86. The van der Waals surface area contributed by atoms with Crippen molar-refractivity contribution in [3.8, 4) is 0 Å². The van der Waals surface area contributed by atoms with Gasteiger partial charge in [0.05, 0.1) is 0 Å². The number of hydrogen-bond donors (Lipinski definition) is 1. The van der Waals surface area contributed by atoms with Gasteiger partial charge in [-0.05, 0) is 36.2 Å². The van der Waals surface area contributed by atoms with Crippen molar-refractivity contribution in [1.29, 1.82) is 0 Å². The maximum absolute atomic E-state index is 12.4. The molecular formula is C18H19N3O4. The van der Waals surface area contributed by atoms with Crippen molar-refractivity contribution in [2.24, 2.45) is 7.05 Å². The third-order valence-corrected chi connectivity index (χ3v) is 4.18. The number of ether oxygens (including phenoxy) is 1. The number of carbonyl (C=O) groups excluding carboxylic acids is 2. The summed E-state index contributed by atoms with van der Waals surface area (Å²) in [5.74, 6) is -0.601. The molecule has 3 rings (SSSR count). The Morgan fingerprint density at radius 3 is 2.84 bits per heavy atom. The molecular weight excluding hydrogens is 322 g/mol. The van der Waals surface area contributed by atoms with Crippen LogP contribution < -0.4 is 15.8 Å². The van der Waals surface area contributed by atoms with Crippen LogP contribution in [-0.4, -0.2) is 36.6 Å². The van der Waals surface area contributed by atoms with E-state index in [-0.39, 0.29) is 23.6 Å². The van der Waals surface area contributed by atoms with Gasteiger partial charge in [0, 0.05) is 38.3 Å². The third-order valence-electron chi connectivity index (χ3n) is 4.18. The van der Waals surface area contributed by atoms with Gasteiger partial charge >= 0.3 is 0 Å². The summed E-state index contributed by atoms with van der Waals surface area (Å²) in [6, 6.07) is 8.54. The number of benzene rings is 1. The number of aromatic nitrogens is 1. The zero-order chi connectivity index (χ0) is 18.0. The highest BCUT2D eigenvalue weighted by Crippen LogP contribution is 2.31. The summed E-state index contributed by atoms with van der Waals surface area (Å²) in [5.41, 5.74) is 2.04. The SMILES string of the molecule is COCC(=O)N1CCc2ccc(NC(=O)c3cccn(C)c3=O)cc21. The molecule has 2 aromatic rings. The molecule has 0 spiro atoms. The van der Waals surface area contributed by atoms with Gasteiger partial charge in [0.1, 0.15) is 12.2 Å². The smallest absolute Gasteiger partial charge is 0.263 e. The van der Waals surface area contributed by atoms with Crippen LogP contribution in [-0.2, 0) is 23.0 Å². The minimum absolute atomic E-state index is 0.0100. The highest BCUT2D eigenvalue weighted by molar-refractivity contribution is 6.05. The largest absolute Gasteiger partial charge is 0.375 e. The molecule has 1 aliphatic heterocycles. The summed E-state index contributed by atoms with van der Waals surface area (Å²) >= 11 is 0. The van der Waals surface area contributed by atoms with Gasteiger partial charge in [0.2, 0.25) is 0 Å². The lowest BCUT2D eigenvalue weighted by molar-refractivity contribution is -0.122. The van der Waals surface area contributed by atoms with Crippen LogP contribution in [0.15, 0.2) is 41.3 Å². The molecule has 1 aromatic carbocycles. The van der Waals surface area contributed by atoms with E-state index in [4.69, 9.17) is 4.74 Å². The highest BCUT2D eigenvalue weighted by atomic mass is 16.5. The molecule has 130 valence electrons. The van der Waals surface area contributed by atoms with Crippen molar-refractivity contribution in [3.63, 3.8) is 0 Å². The van der Waals surface area contributed by atoms with E-state index in [9.17, 15) is 14.4 Å². The molecule has 0 radical (unpaired) electrons. The van der Waals surface area contributed by atoms with Crippen molar-refractivity contribution in [2.45, 2.75) is 6.42 Å². The number of carbonyl (C=O) groups is 2. The molecule has 0 saturated heterocycles. The molecule has 2 heterocycles. The van der Waals surface area contributed by atoms with Crippen molar-refractivity contribution in [3.05, 3.63) is 58.0 Å². The number of fused-ring (bicyclic) bond motifs is 1. The Balaban J connectivity index is 1.84. The van der Waals surface area contributed by atoms with E-state index < -0.39 is 5.91 Å². The highest BCUT2D eigenvalue weighted by Gasteiger charge is 2.25. The molecule has 1 N–H and O–H groups in total. The van der Waals surface area contributed by atoms with Crippen LogP contribution in [0.1, 0.15) is 15.9 Å². The van der Waals surface area contributed by atoms with Crippen LogP contribution in [0.2, 0.25) is 0 Å². The lowest BCUT2D eigenvalue weighted by Crippen LogP contribution is -2.32. The van der Waals surface area contributed by atoms with Crippen LogP contribution in [0.3, 0.4) is 0 Å². The van der Waals surface area contributed by atoms with E-state index >= 15 is 0 Å². The average Bonchev–Trinajstić information content (AvgIpc) is 3.00. The van der Waals surface area contributed by atoms with Crippen molar-refractivity contribution < 1.29 is 14.3 Å². The molecule has 0 aliphatic carbocycles. The van der Waals surface area contributed by atoms with Crippen LogP contribution in [0.4, 0.5) is 11.4 Å². The normalized spacial score (nSPS) is 12.8. The Morgan fingerprint density at radius 1 is 1.28 bits per heavy atom. The summed E-state index contributed by atoms with van der Waals surface area (Å²) < 4.78 is 6.26. The molecule has 0 unspecified atom stereocenters. The van der Waals surface area contributed by atoms with Crippen LogP contribution in [0.25, 0.3) is 0 Å². The molecule has 0 bridgehead atoms. The number of methoxy groups -OCH3 is 1. The van der Waals surface area contributed by atoms with E-state index in [1.54, 1.807) is 36.3 Å². The fraction of sp³-hybridized carbons (Fsp3) is 0.278.